The quantitative estimate of drug-likeness (QED) is 0.937. The van der Waals surface area contributed by atoms with Crippen LogP contribution in [0.25, 0.3) is 0 Å². The number of ether oxygens (including phenoxy) is 1. The van der Waals surface area contributed by atoms with Crippen LogP contribution in [-0.2, 0) is 6.54 Å². The molecule has 100 valence electrons. The minimum atomic E-state index is -0.463. The van der Waals surface area contributed by atoms with E-state index in [4.69, 9.17) is 4.74 Å². The summed E-state index contributed by atoms with van der Waals surface area (Å²) in [7, 11) is 1.85. The highest BCUT2D eigenvalue weighted by Crippen LogP contribution is 2.25. The monoisotopic (exact) mass is 325 g/mol. The van der Waals surface area contributed by atoms with Gasteiger partial charge in [0.05, 0.1) is 0 Å². The number of halogens is 2. The number of rotatable bonds is 4. The number of nitrogens with zero attached hydrogens (tertiary/aromatic N) is 2. The summed E-state index contributed by atoms with van der Waals surface area (Å²) in [5.74, 6) is -0.362. The van der Waals surface area contributed by atoms with Gasteiger partial charge in [0, 0.05) is 28.5 Å². The number of aromatic nitrogens is 2. The average Bonchev–Trinajstić information content (AvgIpc) is 2.36. The van der Waals surface area contributed by atoms with Crippen molar-refractivity contribution in [1.82, 2.24) is 15.3 Å². The van der Waals surface area contributed by atoms with Gasteiger partial charge in [-0.2, -0.15) is 4.98 Å². The third-order valence-corrected chi connectivity index (χ3v) is 3.01. The Balaban J connectivity index is 2.21. The van der Waals surface area contributed by atoms with E-state index < -0.39 is 5.82 Å². The molecule has 0 aliphatic heterocycles. The largest absolute Gasteiger partial charge is 0.421 e. The van der Waals surface area contributed by atoms with Crippen molar-refractivity contribution in [3.8, 4) is 11.8 Å². The topological polar surface area (TPSA) is 47.0 Å². The number of aryl methyl sites for hydroxylation is 1. The van der Waals surface area contributed by atoms with E-state index in [1.54, 1.807) is 12.3 Å². The molecular formula is C13H13BrFN3O. The minimum Gasteiger partial charge on any atom is -0.421 e. The molecular weight excluding hydrogens is 313 g/mol. The zero-order chi connectivity index (χ0) is 13.8. The van der Waals surface area contributed by atoms with E-state index in [0.717, 1.165) is 11.3 Å². The molecule has 0 amide bonds. The van der Waals surface area contributed by atoms with Crippen molar-refractivity contribution in [2.24, 2.45) is 0 Å². The second kappa shape index (κ2) is 6.08. The SMILES string of the molecule is CNCc1cnc(Oc2ccc(Br)cc2F)nc1C. The van der Waals surface area contributed by atoms with E-state index in [1.807, 2.05) is 14.0 Å². The highest BCUT2D eigenvalue weighted by atomic mass is 79.9. The number of benzene rings is 1. The summed E-state index contributed by atoms with van der Waals surface area (Å²) in [5, 5.41) is 3.02. The summed E-state index contributed by atoms with van der Waals surface area (Å²) < 4.78 is 19.6. The molecule has 1 heterocycles. The first-order chi connectivity index (χ1) is 9.10. The molecule has 0 atom stereocenters. The Bertz CT molecular complexity index is 592. The predicted molar refractivity (Wildman–Crippen MR) is 73.7 cm³/mol. The average molecular weight is 326 g/mol. The van der Waals surface area contributed by atoms with E-state index in [9.17, 15) is 4.39 Å². The van der Waals surface area contributed by atoms with Crippen molar-refractivity contribution in [1.29, 1.82) is 0 Å². The molecule has 0 saturated heterocycles. The van der Waals surface area contributed by atoms with E-state index in [2.05, 4.69) is 31.2 Å². The van der Waals surface area contributed by atoms with Gasteiger partial charge < -0.3 is 10.1 Å². The normalized spacial score (nSPS) is 10.5. The molecule has 6 heteroatoms. The number of hydrogen-bond acceptors (Lipinski definition) is 4. The van der Waals surface area contributed by atoms with Gasteiger partial charge in [0.1, 0.15) is 0 Å². The van der Waals surface area contributed by atoms with Gasteiger partial charge in [-0.1, -0.05) is 15.9 Å². The van der Waals surface area contributed by atoms with Gasteiger partial charge >= 0.3 is 6.01 Å². The van der Waals surface area contributed by atoms with Crippen LogP contribution in [0.5, 0.6) is 11.8 Å². The van der Waals surface area contributed by atoms with Crippen LogP contribution in [0.15, 0.2) is 28.9 Å². The maximum Gasteiger partial charge on any atom is 0.322 e. The van der Waals surface area contributed by atoms with Crippen LogP contribution >= 0.6 is 15.9 Å². The molecule has 4 nitrogen and oxygen atoms in total. The first kappa shape index (κ1) is 13.9. The number of nitrogens with one attached hydrogen (secondary N) is 1. The second-order valence-corrected chi connectivity index (χ2v) is 4.89. The van der Waals surface area contributed by atoms with E-state index in [-0.39, 0.29) is 11.8 Å². The van der Waals surface area contributed by atoms with Gasteiger partial charge in [0.2, 0.25) is 0 Å². The van der Waals surface area contributed by atoms with Crippen molar-refractivity contribution in [2.45, 2.75) is 13.5 Å². The fraction of sp³-hybridized carbons (Fsp3) is 0.231. The zero-order valence-corrected chi connectivity index (χ0v) is 12.2. The van der Waals surface area contributed by atoms with E-state index in [1.165, 1.54) is 12.1 Å². The van der Waals surface area contributed by atoms with Gasteiger partial charge in [-0.15, -0.1) is 0 Å². The molecule has 0 spiro atoms. The second-order valence-electron chi connectivity index (χ2n) is 3.97. The lowest BCUT2D eigenvalue weighted by Gasteiger charge is -2.08. The van der Waals surface area contributed by atoms with Crippen LogP contribution in [0.1, 0.15) is 11.3 Å². The first-order valence-electron chi connectivity index (χ1n) is 5.70. The van der Waals surface area contributed by atoms with Crippen molar-refractivity contribution in [2.75, 3.05) is 7.05 Å². The molecule has 0 unspecified atom stereocenters. The molecule has 0 fully saturated rings. The summed E-state index contributed by atoms with van der Waals surface area (Å²) in [5.41, 5.74) is 1.78. The van der Waals surface area contributed by atoms with Crippen LogP contribution in [0.2, 0.25) is 0 Å². The maximum absolute atomic E-state index is 13.6. The Morgan fingerprint density at radius 3 is 2.84 bits per heavy atom. The van der Waals surface area contributed by atoms with Crippen LogP contribution in [0, 0.1) is 12.7 Å². The summed E-state index contributed by atoms with van der Waals surface area (Å²) in [6.45, 7) is 2.54. The first-order valence-corrected chi connectivity index (χ1v) is 6.49. The third kappa shape index (κ3) is 3.48. The molecule has 0 saturated carbocycles. The molecule has 0 aliphatic rings. The molecule has 1 aromatic carbocycles. The lowest BCUT2D eigenvalue weighted by molar-refractivity contribution is 0.409. The standard InChI is InChI=1S/C13H13BrFN3O/c1-8-9(6-16-2)7-17-13(18-8)19-12-4-3-10(14)5-11(12)15/h3-5,7,16H,6H2,1-2H3. The molecule has 2 rings (SSSR count). The summed E-state index contributed by atoms with van der Waals surface area (Å²) in [4.78, 5) is 8.26. The van der Waals surface area contributed by atoms with Crippen LogP contribution < -0.4 is 10.1 Å². The van der Waals surface area contributed by atoms with Crippen molar-refractivity contribution in [3.05, 3.63) is 45.9 Å². The van der Waals surface area contributed by atoms with E-state index in [0.29, 0.717) is 11.0 Å². The highest BCUT2D eigenvalue weighted by Gasteiger charge is 2.09. The summed E-state index contributed by atoms with van der Waals surface area (Å²) in [6.07, 6.45) is 1.67. The van der Waals surface area contributed by atoms with E-state index >= 15 is 0 Å². The van der Waals surface area contributed by atoms with Gasteiger partial charge in [0.25, 0.3) is 0 Å². The molecule has 1 aromatic heterocycles. The van der Waals surface area contributed by atoms with Gasteiger partial charge in [-0.3, -0.25) is 0 Å². The highest BCUT2D eigenvalue weighted by molar-refractivity contribution is 9.10. The van der Waals surface area contributed by atoms with Crippen LogP contribution in [-0.4, -0.2) is 17.0 Å². The van der Waals surface area contributed by atoms with Crippen LogP contribution in [0.3, 0.4) is 0 Å². The Hall–Kier alpha value is -1.53. The summed E-state index contributed by atoms with van der Waals surface area (Å²) >= 11 is 3.19. The molecule has 1 N–H and O–H groups in total. The van der Waals surface area contributed by atoms with Crippen molar-refractivity contribution in [3.63, 3.8) is 0 Å². The van der Waals surface area contributed by atoms with Gasteiger partial charge in [-0.25, -0.2) is 9.37 Å². The fourth-order valence-corrected chi connectivity index (χ4v) is 1.87. The predicted octanol–water partition coefficient (Wildman–Crippen LogP) is 3.20. The Morgan fingerprint density at radius 2 is 2.21 bits per heavy atom. The number of hydrogen-bond donors (Lipinski definition) is 1. The minimum absolute atomic E-state index is 0.101. The Kier molecular flexibility index (Phi) is 4.44. The Labute approximate surface area is 119 Å². The fourth-order valence-electron chi connectivity index (χ4n) is 1.54. The smallest absolute Gasteiger partial charge is 0.322 e. The summed E-state index contributed by atoms with van der Waals surface area (Å²) in [6, 6.07) is 4.69. The maximum atomic E-state index is 13.6. The molecule has 2 aromatic rings. The Morgan fingerprint density at radius 1 is 1.42 bits per heavy atom. The molecule has 0 bridgehead atoms. The van der Waals surface area contributed by atoms with Crippen molar-refractivity contribution >= 4 is 15.9 Å². The van der Waals surface area contributed by atoms with Gasteiger partial charge in [0.15, 0.2) is 11.6 Å². The molecule has 0 radical (unpaired) electrons. The molecule has 0 aliphatic carbocycles. The van der Waals surface area contributed by atoms with Crippen LogP contribution in [0.4, 0.5) is 4.39 Å². The zero-order valence-electron chi connectivity index (χ0n) is 10.6. The third-order valence-electron chi connectivity index (χ3n) is 2.52. The lowest BCUT2D eigenvalue weighted by Crippen LogP contribution is -2.08. The van der Waals surface area contributed by atoms with Crippen molar-refractivity contribution < 1.29 is 9.13 Å². The van der Waals surface area contributed by atoms with Gasteiger partial charge in [-0.05, 0) is 32.2 Å². The molecule has 19 heavy (non-hydrogen) atoms. The lowest BCUT2D eigenvalue weighted by atomic mass is 10.2.